The van der Waals surface area contributed by atoms with E-state index >= 15 is 0 Å². The summed E-state index contributed by atoms with van der Waals surface area (Å²) in [5.74, 6) is 0.0911. The van der Waals surface area contributed by atoms with Gasteiger partial charge >= 0.3 is 0 Å². The Hall–Kier alpha value is -1.83. The number of benzene rings is 1. The Bertz CT molecular complexity index is 586. The van der Waals surface area contributed by atoms with Crippen LogP contribution in [0.4, 0.5) is 0 Å². The number of carbonyl (C=O) groups is 1. The Morgan fingerprint density at radius 2 is 2.00 bits per heavy atom. The number of aromatic nitrogens is 1. The van der Waals surface area contributed by atoms with Crippen LogP contribution in [0.2, 0.25) is 0 Å². The van der Waals surface area contributed by atoms with Gasteiger partial charge in [0.1, 0.15) is 0 Å². The molecule has 0 saturated carbocycles. The molecule has 2 heteroatoms. The predicted molar refractivity (Wildman–Crippen MR) is 71.4 cm³/mol. The first-order chi connectivity index (χ1) is 8.13. The first-order valence-corrected chi connectivity index (χ1v) is 5.90. The first-order valence-electron chi connectivity index (χ1n) is 5.90. The van der Waals surface area contributed by atoms with E-state index < -0.39 is 0 Å². The molecule has 2 nitrogen and oxygen atoms in total. The number of nitrogens with zero attached hydrogens (tertiary/aromatic N) is 1. The molecule has 0 unspecified atom stereocenters. The summed E-state index contributed by atoms with van der Waals surface area (Å²) >= 11 is 0. The largest absolute Gasteiger partial charge is 0.347 e. The summed E-state index contributed by atoms with van der Waals surface area (Å²) in [6, 6.07) is 8.04. The summed E-state index contributed by atoms with van der Waals surface area (Å²) in [7, 11) is 0. The van der Waals surface area contributed by atoms with Gasteiger partial charge in [-0.1, -0.05) is 23.8 Å². The molecule has 17 heavy (non-hydrogen) atoms. The summed E-state index contributed by atoms with van der Waals surface area (Å²) in [6.45, 7) is 6.85. The van der Waals surface area contributed by atoms with Gasteiger partial charge in [0, 0.05) is 29.2 Å². The van der Waals surface area contributed by atoms with Gasteiger partial charge in [0.25, 0.3) is 0 Å². The van der Waals surface area contributed by atoms with Crippen LogP contribution in [0.15, 0.2) is 42.1 Å². The molecule has 0 N–H and O–H groups in total. The van der Waals surface area contributed by atoms with Crippen molar-refractivity contribution in [2.75, 3.05) is 0 Å². The van der Waals surface area contributed by atoms with Gasteiger partial charge < -0.3 is 4.57 Å². The number of hydrogen-bond acceptors (Lipinski definition) is 1. The highest BCUT2D eigenvalue weighted by Crippen LogP contribution is 2.22. The molecule has 88 valence electrons. The fraction of sp³-hybridized carbons (Fsp3) is 0.267. The molecule has 1 heterocycles. The van der Waals surface area contributed by atoms with Gasteiger partial charge in [0.05, 0.1) is 0 Å². The first kappa shape index (κ1) is 11.6. The van der Waals surface area contributed by atoms with E-state index in [1.165, 1.54) is 0 Å². The average Bonchev–Trinajstić information content (AvgIpc) is 2.67. The molecule has 2 aromatic rings. The predicted octanol–water partition coefficient (Wildman–Crippen LogP) is 3.81. The van der Waals surface area contributed by atoms with Crippen LogP contribution in [-0.2, 0) is 6.54 Å². The molecule has 0 bridgehead atoms. The molecule has 1 aromatic heterocycles. The summed E-state index contributed by atoms with van der Waals surface area (Å²) in [5, 5.41) is 1.04. The molecule has 0 saturated heterocycles. The molecular formula is C15H17NO. The SMILES string of the molecule is CCn1cc(C(=O)C=C(C)C)c2ccccc21. The molecule has 0 spiro atoms. The second-order valence-electron chi connectivity index (χ2n) is 4.43. The van der Waals surface area contributed by atoms with Crippen LogP contribution in [0.5, 0.6) is 0 Å². The van der Waals surface area contributed by atoms with Gasteiger partial charge in [-0.3, -0.25) is 4.79 Å². The van der Waals surface area contributed by atoms with Crippen LogP contribution in [-0.4, -0.2) is 10.4 Å². The molecule has 0 aliphatic rings. The maximum atomic E-state index is 12.1. The minimum absolute atomic E-state index is 0.0911. The van der Waals surface area contributed by atoms with Crippen molar-refractivity contribution in [3.63, 3.8) is 0 Å². The van der Waals surface area contributed by atoms with E-state index in [9.17, 15) is 4.79 Å². The monoisotopic (exact) mass is 227 g/mol. The van der Waals surface area contributed by atoms with Gasteiger partial charge in [-0.25, -0.2) is 0 Å². The highest BCUT2D eigenvalue weighted by atomic mass is 16.1. The van der Waals surface area contributed by atoms with Crippen LogP contribution >= 0.6 is 0 Å². The zero-order chi connectivity index (χ0) is 12.4. The van der Waals surface area contributed by atoms with Crippen LogP contribution < -0.4 is 0 Å². The summed E-state index contributed by atoms with van der Waals surface area (Å²) < 4.78 is 2.11. The van der Waals surface area contributed by atoms with E-state index in [-0.39, 0.29) is 5.78 Å². The highest BCUT2D eigenvalue weighted by molar-refractivity contribution is 6.13. The number of aryl methyl sites for hydroxylation is 1. The highest BCUT2D eigenvalue weighted by Gasteiger charge is 2.11. The van der Waals surface area contributed by atoms with Crippen molar-refractivity contribution < 1.29 is 4.79 Å². The van der Waals surface area contributed by atoms with E-state index in [4.69, 9.17) is 0 Å². The Kier molecular flexibility index (Phi) is 3.14. The lowest BCUT2D eigenvalue weighted by Gasteiger charge is -1.97. The van der Waals surface area contributed by atoms with E-state index in [0.29, 0.717) is 0 Å². The van der Waals surface area contributed by atoms with Gasteiger partial charge in [0.2, 0.25) is 0 Å². The minimum atomic E-state index is 0.0911. The average molecular weight is 227 g/mol. The molecule has 1 aromatic carbocycles. The minimum Gasteiger partial charge on any atom is -0.347 e. The molecule has 0 aliphatic heterocycles. The molecular weight excluding hydrogens is 210 g/mol. The smallest absolute Gasteiger partial charge is 0.187 e. The van der Waals surface area contributed by atoms with Crippen LogP contribution in [0.1, 0.15) is 31.1 Å². The normalized spacial score (nSPS) is 10.5. The van der Waals surface area contributed by atoms with Gasteiger partial charge in [-0.15, -0.1) is 0 Å². The number of rotatable bonds is 3. The quantitative estimate of drug-likeness (QED) is 0.577. The Morgan fingerprint density at radius 3 is 2.65 bits per heavy atom. The van der Waals surface area contributed by atoms with E-state index in [1.54, 1.807) is 6.08 Å². The maximum Gasteiger partial charge on any atom is 0.187 e. The zero-order valence-corrected chi connectivity index (χ0v) is 10.5. The van der Waals surface area contributed by atoms with E-state index in [2.05, 4.69) is 17.6 Å². The zero-order valence-electron chi connectivity index (χ0n) is 10.5. The van der Waals surface area contributed by atoms with Crippen molar-refractivity contribution in [3.8, 4) is 0 Å². The topological polar surface area (TPSA) is 22.0 Å². The van der Waals surface area contributed by atoms with Crippen molar-refractivity contribution in [3.05, 3.63) is 47.7 Å². The number of carbonyl (C=O) groups excluding carboxylic acids is 1. The Morgan fingerprint density at radius 1 is 1.29 bits per heavy atom. The fourth-order valence-electron chi connectivity index (χ4n) is 2.04. The number of hydrogen-bond donors (Lipinski definition) is 0. The van der Waals surface area contributed by atoms with Gasteiger partial charge in [-0.05, 0) is 32.9 Å². The van der Waals surface area contributed by atoms with E-state index in [0.717, 1.165) is 28.6 Å². The van der Waals surface area contributed by atoms with Crippen LogP contribution in [0.25, 0.3) is 10.9 Å². The second kappa shape index (κ2) is 4.58. The standard InChI is InChI=1S/C15H17NO/c1-4-16-10-13(15(17)9-11(2)3)12-7-5-6-8-14(12)16/h5-10H,4H2,1-3H3. The Labute approximate surface area is 102 Å². The number of fused-ring (bicyclic) bond motifs is 1. The second-order valence-corrected chi connectivity index (χ2v) is 4.43. The van der Waals surface area contributed by atoms with Crippen LogP contribution in [0.3, 0.4) is 0 Å². The summed E-state index contributed by atoms with van der Waals surface area (Å²) in [6.07, 6.45) is 3.65. The van der Waals surface area contributed by atoms with E-state index in [1.807, 2.05) is 38.2 Å². The molecule has 0 fully saturated rings. The molecule has 0 amide bonds. The molecule has 0 radical (unpaired) electrons. The summed E-state index contributed by atoms with van der Waals surface area (Å²) in [4.78, 5) is 12.1. The van der Waals surface area contributed by atoms with Crippen molar-refractivity contribution in [1.82, 2.24) is 4.57 Å². The fourth-order valence-corrected chi connectivity index (χ4v) is 2.04. The lowest BCUT2D eigenvalue weighted by atomic mass is 10.1. The number of allylic oxidation sites excluding steroid dienone is 2. The van der Waals surface area contributed by atoms with Crippen molar-refractivity contribution in [1.29, 1.82) is 0 Å². The molecule has 0 aliphatic carbocycles. The molecule has 2 rings (SSSR count). The number of ketones is 1. The van der Waals surface area contributed by atoms with Gasteiger partial charge in [0.15, 0.2) is 5.78 Å². The summed E-state index contributed by atoms with van der Waals surface area (Å²) in [5.41, 5.74) is 2.95. The third-order valence-electron chi connectivity index (χ3n) is 2.81. The number of para-hydroxylation sites is 1. The molecule has 0 atom stereocenters. The maximum absolute atomic E-state index is 12.1. The van der Waals surface area contributed by atoms with Crippen molar-refractivity contribution >= 4 is 16.7 Å². The van der Waals surface area contributed by atoms with Crippen molar-refractivity contribution in [2.24, 2.45) is 0 Å². The lowest BCUT2D eigenvalue weighted by molar-refractivity contribution is 0.104. The van der Waals surface area contributed by atoms with Crippen LogP contribution in [0, 0.1) is 0 Å². The third kappa shape index (κ3) is 2.16. The van der Waals surface area contributed by atoms with Gasteiger partial charge in [-0.2, -0.15) is 0 Å². The third-order valence-corrected chi connectivity index (χ3v) is 2.81. The Balaban J connectivity index is 2.62. The lowest BCUT2D eigenvalue weighted by Crippen LogP contribution is -1.94. The van der Waals surface area contributed by atoms with Crippen molar-refractivity contribution in [2.45, 2.75) is 27.3 Å².